The van der Waals surface area contributed by atoms with Gasteiger partial charge in [-0.05, 0) is 19.3 Å². The van der Waals surface area contributed by atoms with Crippen LogP contribution in [0.5, 0.6) is 0 Å². The fourth-order valence-corrected chi connectivity index (χ4v) is 1.44. The van der Waals surface area contributed by atoms with Crippen LogP contribution in [0, 0.1) is 5.92 Å². The molecule has 0 rings (SSSR count). The number of aliphatic hydroxyl groups is 1. The minimum atomic E-state index is -0.439. The minimum absolute atomic E-state index is 0.217. The Morgan fingerprint density at radius 1 is 1.33 bits per heavy atom. The van der Waals surface area contributed by atoms with E-state index in [0.29, 0.717) is 25.6 Å². The highest BCUT2D eigenvalue weighted by atomic mass is 16.5. The molecular weight excluding hydrogens is 192 g/mol. The summed E-state index contributed by atoms with van der Waals surface area (Å²) in [5, 5.41) is 12.6. The topological polar surface area (TPSA) is 67.5 Å². The summed E-state index contributed by atoms with van der Waals surface area (Å²) in [5.74, 6) is 0.632. The fraction of sp³-hybridized carbons (Fsp3) is 1.00. The predicted molar refractivity (Wildman–Crippen MR) is 62.8 cm³/mol. The smallest absolute Gasteiger partial charge is 0.0897 e. The Bertz CT molecular complexity index is 143. The van der Waals surface area contributed by atoms with Gasteiger partial charge in [-0.2, -0.15) is 0 Å². The van der Waals surface area contributed by atoms with Gasteiger partial charge in [0.2, 0.25) is 0 Å². The molecule has 0 saturated carbocycles. The largest absolute Gasteiger partial charge is 0.389 e. The first-order valence-corrected chi connectivity index (χ1v) is 5.76. The van der Waals surface area contributed by atoms with Gasteiger partial charge in [0, 0.05) is 19.6 Å². The van der Waals surface area contributed by atoms with Gasteiger partial charge in [-0.3, -0.25) is 0 Å². The highest BCUT2D eigenvalue weighted by Gasteiger charge is 2.08. The van der Waals surface area contributed by atoms with Crippen LogP contribution in [0.2, 0.25) is 0 Å². The van der Waals surface area contributed by atoms with Gasteiger partial charge in [0.15, 0.2) is 0 Å². The quantitative estimate of drug-likeness (QED) is 0.488. The summed E-state index contributed by atoms with van der Waals surface area (Å²) in [6, 6.07) is 0. The maximum absolute atomic E-state index is 9.53. The van der Waals surface area contributed by atoms with E-state index in [9.17, 15) is 5.11 Å². The zero-order chi connectivity index (χ0) is 11.7. The maximum Gasteiger partial charge on any atom is 0.0897 e. The van der Waals surface area contributed by atoms with E-state index in [1.807, 2.05) is 6.92 Å². The molecule has 0 radical (unpaired) electrons. The van der Waals surface area contributed by atoms with Crippen molar-refractivity contribution in [3.05, 3.63) is 0 Å². The van der Waals surface area contributed by atoms with Gasteiger partial charge < -0.3 is 20.9 Å². The normalized spacial score (nSPS) is 15.6. The number of ether oxygens (including phenoxy) is 1. The number of nitrogens with two attached hydrogens (primary N) is 1. The van der Waals surface area contributed by atoms with E-state index < -0.39 is 6.10 Å². The molecule has 0 aromatic rings. The molecule has 92 valence electrons. The van der Waals surface area contributed by atoms with Crippen LogP contribution in [0.15, 0.2) is 0 Å². The lowest BCUT2D eigenvalue weighted by Crippen LogP contribution is -2.34. The van der Waals surface area contributed by atoms with Gasteiger partial charge in [0.25, 0.3) is 0 Å². The van der Waals surface area contributed by atoms with Crippen molar-refractivity contribution in [2.24, 2.45) is 11.7 Å². The average molecular weight is 218 g/mol. The number of aliphatic hydroxyl groups excluding tert-OH is 1. The van der Waals surface area contributed by atoms with Crippen molar-refractivity contribution >= 4 is 0 Å². The SMILES string of the molecule is CC(C)CC(C)OCC(O)CNCCN. The molecule has 0 bridgehead atoms. The second-order valence-corrected chi connectivity index (χ2v) is 4.42. The summed E-state index contributed by atoms with van der Waals surface area (Å²) in [5.41, 5.74) is 5.32. The lowest BCUT2D eigenvalue weighted by molar-refractivity contribution is -0.00835. The van der Waals surface area contributed by atoms with Crippen LogP contribution in [0.4, 0.5) is 0 Å². The van der Waals surface area contributed by atoms with Crippen molar-refractivity contribution in [3.63, 3.8) is 0 Å². The van der Waals surface area contributed by atoms with Crippen molar-refractivity contribution in [3.8, 4) is 0 Å². The lowest BCUT2D eigenvalue weighted by atomic mass is 10.1. The molecule has 4 heteroatoms. The zero-order valence-corrected chi connectivity index (χ0v) is 10.2. The Hall–Kier alpha value is -0.160. The third-order valence-electron chi connectivity index (χ3n) is 2.08. The molecule has 0 aliphatic carbocycles. The highest BCUT2D eigenvalue weighted by Crippen LogP contribution is 2.07. The first kappa shape index (κ1) is 14.8. The van der Waals surface area contributed by atoms with Crippen molar-refractivity contribution in [1.82, 2.24) is 5.32 Å². The molecule has 0 spiro atoms. The fourth-order valence-electron chi connectivity index (χ4n) is 1.44. The van der Waals surface area contributed by atoms with Crippen molar-refractivity contribution in [2.45, 2.75) is 39.4 Å². The molecule has 0 heterocycles. The predicted octanol–water partition coefficient (Wildman–Crippen LogP) is 0.347. The zero-order valence-electron chi connectivity index (χ0n) is 10.2. The lowest BCUT2D eigenvalue weighted by Gasteiger charge is -2.18. The summed E-state index contributed by atoms with van der Waals surface area (Å²) in [7, 11) is 0. The van der Waals surface area contributed by atoms with Gasteiger partial charge >= 0.3 is 0 Å². The molecule has 0 aromatic carbocycles. The standard InChI is InChI=1S/C11H26N2O2/c1-9(2)6-10(3)15-8-11(14)7-13-5-4-12/h9-11,13-14H,4-8,12H2,1-3H3. The third-order valence-corrected chi connectivity index (χ3v) is 2.08. The van der Waals surface area contributed by atoms with Gasteiger partial charge in [0.1, 0.15) is 0 Å². The highest BCUT2D eigenvalue weighted by molar-refractivity contribution is 4.61. The van der Waals surface area contributed by atoms with E-state index >= 15 is 0 Å². The van der Waals surface area contributed by atoms with E-state index in [1.54, 1.807) is 0 Å². The molecule has 15 heavy (non-hydrogen) atoms. The second kappa shape index (κ2) is 9.09. The third kappa shape index (κ3) is 10.1. The van der Waals surface area contributed by atoms with Crippen LogP contribution in [-0.2, 0) is 4.74 Å². The first-order valence-electron chi connectivity index (χ1n) is 5.76. The number of hydrogen-bond acceptors (Lipinski definition) is 4. The van der Waals surface area contributed by atoms with Crippen molar-refractivity contribution in [1.29, 1.82) is 0 Å². The summed E-state index contributed by atoms with van der Waals surface area (Å²) in [6.07, 6.45) is 0.809. The minimum Gasteiger partial charge on any atom is -0.389 e. The molecule has 0 amide bonds. The van der Waals surface area contributed by atoms with Crippen LogP contribution < -0.4 is 11.1 Å². The summed E-state index contributed by atoms with van der Waals surface area (Å²) < 4.78 is 5.52. The molecule has 4 nitrogen and oxygen atoms in total. The van der Waals surface area contributed by atoms with Crippen molar-refractivity contribution in [2.75, 3.05) is 26.2 Å². The molecule has 0 aromatic heterocycles. The van der Waals surface area contributed by atoms with Crippen LogP contribution in [0.25, 0.3) is 0 Å². The van der Waals surface area contributed by atoms with Gasteiger partial charge in [-0.25, -0.2) is 0 Å². The molecule has 2 atom stereocenters. The number of rotatable bonds is 9. The Morgan fingerprint density at radius 3 is 2.53 bits per heavy atom. The Labute approximate surface area is 93.2 Å². The van der Waals surface area contributed by atoms with E-state index in [0.717, 1.165) is 13.0 Å². The second-order valence-electron chi connectivity index (χ2n) is 4.42. The van der Waals surface area contributed by atoms with Crippen LogP contribution in [-0.4, -0.2) is 43.6 Å². The Kier molecular flexibility index (Phi) is 9.00. The summed E-state index contributed by atoms with van der Waals surface area (Å²) >= 11 is 0. The molecule has 0 saturated heterocycles. The maximum atomic E-state index is 9.53. The Balaban J connectivity index is 3.39. The van der Waals surface area contributed by atoms with E-state index in [4.69, 9.17) is 10.5 Å². The van der Waals surface area contributed by atoms with Gasteiger partial charge in [-0.15, -0.1) is 0 Å². The summed E-state index contributed by atoms with van der Waals surface area (Å²) in [6.45, 7) is 8.64. The molecular formula is C11H26N2O2. The number of hydrogen-bond donors (Lipinski definition) is 3. The van der Waals surface area contributed by atoms with Crippen LogP contribution in [0.1, 0.15) is 27.2 Å². The molecule has 2 unspecified atom stereocenters. The molecule has 0 aliphatic rings. The van der Waals surface area contributed by atoms with Crippen molar-refractivity contribution < 1.29 is 9.84 Å². The molecule has 4 N–H and O–H groups in total. The van der Waals surface area contributed by atoms with E-state index in [2.05, 4.69) is 19.2 Å². The van der Waals surface area contributed by atoms with Gasteiger partial charge in [0.05, 0.1) is 18.8 Å². The summed E-state index contributed by atoms with van der Waals surface area (Å²) in [4.78, 5) is 0. The van der Waals surface area contributed by atoms with Crippen LogP contribution in [0.3, 0.4) is 0 Å². The first-order chi connectivity index (χ1) is 7.06. The van der Waals surface area contributed by atoms with Gasteiger partial charge in [-0.1, -0.05) is 13.8 Å². The monoisotopic (exact) mass is 218 g/mol. The number of nitrogens with one attached hydrogen (secondary N) is 1. The van der Waals surface area contributed by atoms with E-state index in [1.165, 1.54) is 0 Å². The average Bonchev–Trinajstić information content (AvgIpc) is 2.14. The van der Waals surface area contributed by atoms with Crippen LogP contribution >= 0.6 is 0 Å². The molecule has 0 fully saturated rings. The molecule has 0 aliphatic heterocycles. The van der Waals surface area contributed by atoms with E-state index in [-0.39, 0.29) is 6.10 Å². The Morgan fingerprint density at radius 2 is 2.00 bits per heavy atom.